The van der Waals surface area contributed by atoms with Crippen molar-refractivity contribution < 1.29 is 28.6 Å². The highest BCUT2D eigenvalue weighted by Gasteiger charge is 2.30. The molecule has 2 atom stereocenters. The van der Waals surface area contributed by atoms with E-state index in [2.05, 4.69) is 50.2 Å². The van der Waals surface area contributed by atoms with Gasteiger partial charge in [0.2, 0.25) is 12.8 Å². The van der Waals surface area contributed by atoms with E-state index in [1.165, 1.54) is 24.3 Å². The summed E-state index contributed by atoms with van der Waals surface area (Å²) in [5.74, 6) is -0.837. The van der Waals surface area contributed by atoms with Crippen LogP contribution >= 0.6 is 23.2 Å². The maximum absolute atomic E-state index is 13.9. The van der Waals surface area contributed by atoms with Gasteiger partial charge in [-0.15, -0.1) is 0 Å². The van der Waals surface area contributed by atoms with Crippen molar-refractivity contribution in [1.82, 2.24) is 10.6 Å². The van der Waals surface area contributed by atoms with E-state index in [-0.39, 0.29) is 41.0 Å². The number of carbonyl (C=O) groups is 2. The number of rotatable bonds is 14. The minimum Gasteiger partial charge on any atom is -0.396 e. The highest BCUT2D eigenvalue weighted by Crippen LogP contribution is 2.37. The number of amides is 2. The standard InChI is InChI=1S/C18H18Cl2F2N2O.C7H15NO3.C5H12/c1-2-14(19)16(21)5-3-4-11-8-23-9-13(11)12-6-17(22)15(20)7-18(12)24-10-25;9-3-1-7(2-4-10)5-8-6-11;1-5(2,3)4/h2-3,5-7,10-11,13,23H,1,4,8-9H2,(H,24,25);6-7,9-10H,1-5H2,(H,8,11);1-4H3/b5-3-,16-14-;;/t11-,13+;;/m0../s1. The van der Waals surface area contributed by atoms with Crippen molar-refractivity contribution in [2.75, 3.05) is 38.2 Å². The number of halogens is 4. The van der Waals surface area contributed by atoms with Crippen molar-refractivity contribution in [3.8, 4) is 0 Å². The molecule has 1 aliphatic heterocycles. The Hall–Kier alpha value is -2.30. The molecular weight excluding hydrogens is 575 g/mol. The Morgan fingerprint density at radius 1 is 1.17 bits per heavy atom. The molecule has 1 aromatic rings. The van der Waals surface area contributed by atoms with E-state index >= 15 is 0 Å². The van der Waals surface area contributed by atoms with Gasteiger partial charge in [-0.3, -0.25) is 9.59 Å². The Morgan fingerprint density at radius 2 is 1.78 bits per heavy atom. The van der Waals surface area contributed by atoms with Crippen molar-refractivity contribution in [2.24, 2.45) is 17.3 Å². The van der Waals surface area contributed by atoms with Crippen molar-refractivity contribution in [1.29, 1.82) is 0 Å². The minimum absolute atomic E-state index is 0.0409. The zero-order chi connectivity index (χ0) is 31.4. The van der Waals surface area contributed by atoms with Gasteiger partial charge in [0.25, 0.3) is 0 Å². The first-order valence-corrected chi connectivity index (χ1v) is 14.2. The fourth-order valence-corrected chi connectivity index (χ4v) is 4.08. The number of carbonyl (C=O) groups excluding carboxylic acids is 2. The first kappa shape index (κ1) is 38.7. The predicted molar refractivity (Wildman–Crippen MR) is 164 cm³/mol. The van der Waals surface area contributed by atoms with Gasteiger partial charge in [-0.2, -0.15) is 0 Å². The summed E-state index contributed by atoms with van der Waals surface area (Å²) in [6, 6.07) is 2.75. The third kappa shape index (κ3) is 17.3. The first-order chi connectivity index (χ1) is 19.3. The Kier molecular flexibility index (Phi) is 20.2. The molecule has 2 amide bonds. The zero-order valence-corrected chi connectivity index (χ0v) is 25.9. The lowest BCUT2D eigenvalue weighted by Crippen LogP contribution is -2.23. The molecule has 0 unspecified atom stereocenters. The van der Waals surface area contributed by atoms with Crippen LogP contribution in [0.25, 0.3) is 0 Å². The molecule has 5 N–H and O–H groups in total. The van der Waals surface area contributed by atoms with Crippen molar-refractivity contribution in [2.45, 2.75) is 52.9 Å². The number of allylic oxidation sites excluding steroid dienone is 5. The Bertz CT molecular complexity index is 989. The maximum atomic E-state index is 13.9. The quantitative estimate of drug-likeness (QED) is 0.128. The number of anilines is 1. The maximum Gasteiger partial charge on any atom is 0.211 e. The summed E-state index contributed by atoms with van der Waals surface area (Å²) in [7, 11) is 0. The Labute approximate surface area is 253 Å². The molecule has 0 saturated carbocycles. The van der Waals surface area contributed by atoms with Gasteiger partial charge >= 0.3 is 0 Å². The van der Waals surface area contributed by atoms with Crippen LogP contribution < -0.4 is 16.0 Å². The number of nitrogens with one attached hydrogen (secondary N) is 3. The van der Waals surface area contributed by atoms with Crippen LogP contribution in [0.4, 0.5) is 14.5 Å². The third-order valence-electron chi connectivity index (χ3n) is 5.72. The van der Waals surface area contributed by atoms with E-state index in [1.807, 2.05) is 0 Å². The van der Waals surface area contributed by atoms with Crippen molar-refractivity contribution >= 4 is 41.7 Å². The summed E-state index contributed by atoms with van der Waals surface area (Å²) in [6.07, 6.45) is 7.19. The zero-order valence-electron chi connectivity index (χ0n) is 24.4. The van der Waals surface area contributed by atoms with Crippen LogP contribution in [0.1, 0.15) is 58.4 Å². The molecule has 1 aromatic carbocycles. The van der Waals surface area contributed by atoms with Crippen LogP contribution in [-0.2, 0) is 9.59 Å². The molecule has 11 heteroatoms. The fraction of sp³-hybridized carbons (Fsp3) is 0.533. The van der Waals surface area contributed by atoms with Gasteiger partial charge in [-0.05, 0) is 72.9 Å². The predicted octanol–water partition coefficient (Wildman–Crippen LogP) is 6.07. The lowest BCUT2D eigenvalue weighted by Gasteiger charge is -2.21. The van der Waals surface area contributed by atoms with Crippen molar-refractivity contribution in [3.05, 3.63) is 64.2 Å². The molecule has 7 nitrogen and oxygen atoms in total. The average Bonchev–Trinajstić information content (AvgIpc) is 3.36. The summed E-state index contributed by atoms with van der Waals surface area (Å²) in [4.78, 5) is 20.7. The lowest BCUT2D eigenvalue weighted by atomic mass is 9.85. The second kappa shape index (κ2) is 21.4. The van der Waals surface area contributed by atoms with Gasteiger partial charge in [-0.1, -0.05) is 63.6 Å². The molecule has 0 aromatic heterocycles. The van der Waals surface area contributed by atoms with Crippen LogP contribution in [0.5, 0.6) is 0 Å². The molecule has 0 bridgehead atoms. The van der Waals surface area contributed by atoms with Gasteiger partial charge in [-0.25, -0.2) is 8.78 Å². The van der Waals surface area contributed by atoms with Crippen LogP contribution in [-0.4, -0.2) is 55.9 Å². The van der Waals surface area contributed by atoms with E-state index in [4.69, 9.17) is 33.4 Å². The number of hydrogen-bond acceptors (Lipinski definition) is 5. The van der Waals surface area contributed by atoms with Crippen LogP contribution in [0.3, 0.4) is 0 Å². The molecule has 1 aliphatic rings. The van der Waals surface area contributed by atoms with Crippen molar-refractivity contribution in [3.63, 3.8) is 0 Å². The van der Waals surface area contributed by atoms with E-state index in [0.29, 0.717) is 68.4 Å². The Balaban J connectivity index is 0.000000828. The van der Waals surface area contributed by atoms with E-state index < -0.39 is 11.6 Å². The molecular formula is C30H45Cl2F2N3O4. The number of hydrogen-bond donors (Lipinski definition) is 5. The lowest BCUT2D eigenvalue weighted by molar-refractivity contribution is -0.109. The van der Waals surface area contributed by atoms with E-state index in [9.17, 15) is 18.4 Å². The second-order valence-electron chi connectivity index (χ2n) is 11.1. The normalized spacial score (nSPS) is 17.1. The molecule has 1 fully saturated rings. The molecule has 2 rings (SSSR count). The molecule has 232 valence electrons. The van der Waals surface area contributed by atoms with Crippen LogP contribution in [0, 0.1) is 23.1 Å². The first-order valence-electron chi connectivity index (χ1n) is 13.5. The summed E-state index contributed by atoms with van der Waals surface area (Å²) >= 11 is 11.5. The molecule has 0 aliphatic carbocycles. The summed E-state index contributed by atoms with van der Waals surface area (Å²) in [6.45, 7) is 14.2. The largest absolute Gasteiger partial charge is 0.396 e. The summed E-state index contributed by atoms with van der Waals surface area (Å²) in [5.41, 5.74) is 1.64. The van der Waals surface area contributed by atoms with Gasteiger partial charge in [0, 0.05) is 37.9 Å². The molecule has 0 radical (unpaired) electrons. The molecule has 0 spiro atoms. The SMILES string of the molecule is C=C/C(Cl)=C(F)\C=C/C[C@H]1CNC[C@H]1c1cc(F)c(Cl)cc1NC=O.CC(C)(C)C.O=CNCC(CCO)CCO. The van der Waals surface area contributed by atoms with Gasteiger partial charge in [0.15, 0.2) is 0 Å². The molecule has 1 heterocycles. The van der Waals surface area contributed by atoms with Gasteiger partial charge < -0.3 is 26.2 Å². The monoisotopic (exact) mass is 619 g/mol. The summed E-state index contributed by atoms with van der Waals surface area (Å²) < 4.78 is 27.5. The Morgan fingerprint density at radius 3 is 2.29 bits per heavy atom. The third-order valence-corrected chi connectivity index (χ3v) is 6.35. The van der Waals surface area contributed by atoms with Crippen LogP contribution in [0.2, 0.25) is 5.02 Å². The molecule has 1 saturated heterocycles. The van der Waals surface area contributed by atoms with Gasteiger partial charge in [0.05, 0.1) is 10.1 Å². The fourth-order valence-electron chi connectivity index (χ4n) is 3.85. The highest BCUT2D eigenvalue weighted by molar-refractivity contribution is 6.31. The summed E-state index contributed by atoms with van der Waals surface area (Å²) in [5, 5.41) is 25.4. The topological polar surface area (TPSA) is 111 Å². The van der Waals surface area contributed by atoms with E-state index in [0.717, 1.165) is 0 Å². The minimum atomic E-state index is -0.556. The van der Waals surface area contributed by atoms with Gasteiger partial charge in [0.1, 0.15) is 11.6 Å². The number of benzene rings is 1. The number of aliphatic hydroxyl groups is 2. The second-order valence-corrected chi connectivity index (χ2v) is 11.9. The smallest absolute Gasteiger partial charge is 0.211 e. The number of aliphatic hydroxyl groups excluding tert-OH is 2. The molecule has 41 heavy (non-hydrogen) atoms. The van der Waals surface area contributed by atoms with E-state index in [1.54, 1.807) is 6.08 Å². The average molecular weight is 621 g/mol. The highest BCUT2D eigenvalue weighted by atomic mass is 35.5. The van der Waals surface area contributed by atoms with Crippen LogP contribution in [0.15, 0.2) is 47.8 Å².